The van der Waals surface area contributed by atoms with Crippen LogP contribution >= 0.6 is 24.0 Å². The molecule has 1 saturated heterocycles. The van der Waals surface area contributed by atoms with Crippen LogP contribution in [0.2, 0.25) is 5.02 Å². The maximum Gasteiger partial charge on any atom is 0.253 e. The Bertz CT molecular complexity index is 1350. The number of anilines is 1. The van der Waals surface area contributed by atoms with Crippen molar-refractivity contribution in [1.29, 1.82) is 0 Å². The highest BCUT2D eigenvalue weighted by atomic mass is 35.5. The summed E-state index contributed by atoms with van der Waals surface area (Å²) in [5, 5.41) is 14.1. The number of aromatic amines is 1. The average molecular weight is 525 g/mol. The summed E-state index contributed by atoms with van der Waals surface area (Å²) in [4.78, 5) is 26.2. The van der Waals surface area contributed by atoms with E-state index in [9.17, 15) is 4.79 Å². The number of benzene rings is 2. The topological polar surface area (TPSA) is 134 Å². The van der Waals surface area contributed by atoms with Crippen LogP contribution in [-0.4, -0.2) is 44.1 Å². The summed E-state index contributed by atoms with van der Waals surface area (Å²) < 4.78 is 0. The van der Waals surface area contributed by atoms with Gasteiger partial charge in [-0.15, -0.1) is 12.4 Å². The largest absolute Gasteiger partial charge is 0.382 e. The van der Waals surface area contributed by atoms with Crippen molar-refractivity contribution in [2.45, 2.75) is 25.3 Å². The van der Waals surface area contributed by atoms with E-state index in [0.717, 1.165) is 42.9 Å². The zero-order chi connectivity index (χ0) is 24.2. The molecule has 3 heterocycles. The first-order valence-electron chi connectivity index (χ1n) is 11.5. The molecule has 36 heavy (non-hydrogen) atoms. The summed E-state index contributed by atoms with van der Waals surface area (Å²) in [6, 6.07) is 14.7. The molecular formula is C25H26Cl2N8O. The van der Waals surface area contributed by atoms with Gasteiger partial charge < -0.3 is 16.4 Å². The number of H-pyrrole nitrogens is 1. The van der Waals surface area contributed by atoms with E-state index < -0.39 is 0 Å². The summed E-state index contributed by atoms with van der Waals surface area (Å²) in [7, 11) is 0. The SMILES string of the molecule is Cl.Nc1ncc(-c2cccc(CNC(=O)c3ccccc3Cl)c2)nc1-c1nc([C@H]2CCCNC2)n[nH]1. The van der Waals surface area contributed by atoms with E-state index in [4.69, 9.17) is 22.3 Å². The van der Waals surface area contributed by atoms with E-state index in [-0.39, 0.29) is 30.0 Å². The maximum absolute atomic E-state index is 12.5. The molecule has 1 atom stereocenters. The summed E-state index contributed by atoms with van der Waals surface area (Å²) in [5.74, 6) is 1.57. The first kappa shape index (κ1) is 25.6. The third-order valence-corrected chi connectivity index (χ3v) is 6.31. The average Bonchev–Trinajstić information content (AvgIpc) is 3.39. The molecule has 0 unspecified atom stereocenters. The van der Waals surface area contributed by atoms with Gasteiger partial charge in [0.15, 0.2) is 17.5 Å². The molecule has 4 aromatic rings. The van der Waals surface area contributed by atoms with E-state index in [0.29, 0.717) is 34.3 Å². The van der Waals surface area contributed by atoms with Gasteiger partial charge in [0.25, 0.3) is 5.91 Å². The van der Waals surface area contributed by atoms with Crippen LogP contribution in [0.25, 0.3) is 22.8 Å². The Hall–Kier alpha value is -3.53. The molecule has 5 N–H and O–H groups in total. The Kier molecular flexibility index (Phi) is 8.14. The number of carbonyl (C=O) groups excluding carboxylic acids is 1. The Morgan fingerprint density at radius 1 is 1.17 bits per heavy atom. The van der Waals surface area contributed by atoms with Crippen LogP contribution in [0.15, 0.2) is 54.7 Å². The van der Waals surface area contributed by atoms with Gasteiger partial charge in [-0.1, -0.05) is 41.9 Å². The van der Waals surface area contributed by atoms with Crippen molar-refractivity contribution < 1.29 is 4.79 Å². The summed E-state index contributed by atoms with van der Waals surface area (Å²) >= 11 is 6.13. The van der Waals surface area contributed by atoms with Crippen LogP contribution in [0.3, 0.4) is 0 Å². The van der Waals surface area contributed by atoms with Gasteiger partial charge in [-0.2, -0.15) is 5.10 Å². The van der Waals surface area contributed by atoms with Gasteiger partial charge in [0.2, 0.25) is 0 Å². The van der Waals surface area contributed by atoms with Gasteiger partial charge in [0.05, 0.1) is 22.5 Å². The highest BCUT2D eigenvalue weighted by molar-refractivity contribution is 6.33. The number of piperidine rings is 1. The zero-order valence-electron chi connectivity index (χ0n) is 19.4. The lowest BCUT2D eigenvalue weighted by Gasteiger charge is -2.19. The molecule has 5 rings (SSSR count). The van der Waals surface area contributed by atoms with Crippen molar-refractivity contribution >= 4 is 35.7 Å². The predicted octanol–water partition coefficient (Wildman–Crippen LogP) is 3.98. The smallest absolute Gasteiger partial charge is 0.253 e. The van der Waals surface area contributed by atoms with Crippen molar-refractivity contribution in [1.82, 2.24) is 35.8 Å². The number of carbonyl (C=O) groups is 1. The molecule has 0 aliphatic carbocycles. The number of nitrogens with one attached hydrogen (secondary N) is 3. The second kappa shape index (κ2) is 11.5. The third kappa shape index (κ3) is 5.64. The van der Waals surface area contributed by atoms with Crippen molar-refractivity contribution in [3.05, 3.63) is 76.7 Å². The van der Waals surface area contributed by atoms with E-state index in [1.165, 1.54) is 0 Å². The number of hydrogen-bond donors (Lipinski definition) is 4. The van der Waals surface area contributed by atoms with Crippen LogP contribution in [0.1, 0.15) is 40.5 Å². The lowest BCUT2D eigenvalue weighted by molar-refractivity contribution is 0.0951. The molecule has 0 radical (unpaired) electrons. The maximum atomic E-state index is 12.5. The lowest BCUT2D eigenvalue weighted by atomic mass is 9.99. The zero-order valence-corrected chi connectivity index (χ0v) is 20.9. The van der Waals surface area contributed by atoms with Crippen LogP contribution < -0.4 is 16.4 Å². The molecule has 0 saturated carbocycles. The summed E-state index contributed by atoms with van der Waals surface area (Å²) in [6.07, 6.45) is 3.77. The quantitative estimate of drug-likeness (QED) is 0.299. The molecule has 9 nitrogen and oxygen atoms in total. The number of nitrogen functional groups attached to an aromatic ring is 1. The van der Waals surface area contributed by atoms with Crippen LogP contribution in [0.4, 0.5) is 5.82 Å². The lowest BCUT2D eigenvalue weighted by Crippen LogP contribution is -2.28. The highest BCUT2D eigenvalue weighted by Gasteiger charge is 2.21. The first-order chi connectivity index (χ1) is 17.1. The van der Waals surface area contributed by atoms with E-state index in [1.807, 2.05) is 24.3 Å². The molecular weight excluding hydrogens is 499 g/mol. The van der Waals surface area contributed by atoms with Gasteiger partial charge in [-0.25, -0.2) is 15.0 Å². The van der Waals surface area contributed by atoms with Crippen LogP contribution in [-0.2, 0) is 6.54 Å². The normalized spacial score (nSPS) is 15.2. The molecule has 0 spiro atoms. The van der Waals surface area contributed by atoms with Gasteiger partial charge >= 0.3 is 0 Å². The molecule has 2 aromatic heterocycles. The number of nitrogens with zero attached hydrogens (tertiary/aromatic N) is 4. The number of amides is 1. The van der Waals surface area contributed by atoms with Gasteiger partial charge in [0, 0.05) is 24.6 Å². The molecule has 0 bridgehead atoms. The van der Waals surface area contributed by atoms with Crippen molar-refractivity contribution in [2.24, 2.45) is 0 Å². The minimum atomic E-state index is -0.232. The molecule has 1 aliphatic rings. The summed E-state index contributed by atoms with van der Waals surface area (Å²) in [6.45, 7) is 2.23. The number of aromatic nitrogens is 5. The number of hydrogen-bond acceptors (Lipinski definition) is 7. The molecule has 1 amide bonds. The third-order valence-electron chi connectivity index (χ3n) is 5.98. The number of halogens is 2. The molecule has 2 aromatic carbocycles. The van der Waals surface area contributed by atoms with Crippen LogP contribution in [0, 0.1) is 0 Å². The minimum absolute atomic E-state index is 0. The fraction of sp³-hybridized carbons (Fsp3) is 0.240. The van der Waals surface area contributed by atoms with Crippen molar-refractivity contribution in [2.75, 3.05) is 18.8 Å². The number of nitrogens with two attached hydrogens (primary N) is 1. The highest BCUT2D eigenvalue weighted by Crippen LogP contribution is 2.27. The minimum Gasteiger partial charge on any atom is -0.382 e. The van der Waals surface area contributed by atoms with E-state index in [1.54, 1.807) is 30.5 Å². The van der Waals surface area contributed by atoms with Crippen molar-refractivity contribution in [3.63, 3.8) is 0 Å². The predicted molar refractivity (Wildman–Crippen MR) is 142 cm³/mol. The Labute approximate surface area is 219 Å². The molecule has 186 valence electrons. The second-order valence-electron chi connectivity index (χ2n) is 8.44. The van der Waals surface area contributed by atoms with Gasteiger partial charge in [-0.3, -0.25) is 9.89 Å². The van der Waals surface area contributed by atoms with Crippen LogP contribution in [0.5, 0.6) is 0 Å². The van der Waals surface area contributed by atoms with Gasteiger partial charge in [0.1, 0.15) is 5.69 Å². The fourth-order valence-electron chi connectivity index (χ4n) is 4.11. The first-order valence-corrected chi connectivity index (χ1v) is 11.8. The fourth-order valence-corrected chi connectivity index (χ4v) is 4.33. The molecule has 11 heteroatoms. The Morgan fingerprint density at radius 2 is 2.03 bits per heavy atom. The monoisotopic (exact) mass is 524 g/mol. The van der Waals surface area contributed by atoms with E-state index >= 15 is 0 Å². The molecule has 1 aliphatic heterocycles. The standard InChI is InChI=1S/C25H25ClN8O.ClH/c26-19-9-2-1-8-18(19)25(35)30-12-15-5-3-6-16(11-15)20-14-29-22(27)21(31-20)24-32-23(33-34-24)17-7-4-10-28-13-17;/h1-3,5-6,8-9,11,14,17,28H,4,7,10,12-13H2,(H2,27,29)(H,30,35)(H,32,33,34);1H/t17-;/m0./s1. The second-order valence-corrected chi connectivity index (χ2v) is 8.84. The molecule has 1 fully saturated rings. The number of rotatable bonds is 6. The van der Waals surface area contributed by atoms with E-state index in [2.05, 4.69) is 30.8 Å². The summed E-state index contributed by atoms with van der Waals surface area (Å²) in [5.41, 5.74) is 9.44. The van der Waals surface area contributed by atoms with Gasteiger partial charge in [-0.05, 0) is 43.1 Å². The Morgan fingerprint density at radius 3 is 2.83 bits per heavy atom. The van der Waals surface area contributed by atoms with Crippen molar-refractivity contribution in [3.8, 4) is 22.8 Å². The Balaban J connectivity index is 0.00000304.